The van der Waals surface area contributed by atoms with Gasteiger partial charge in [0.25, 0.3) is 0 Å². The van der Waals surface area contributed by atoms with Crippen molar-refractivity contribution in [1.82, 2.24) is 5.32 Å². The van der Waals surface area contributed by atoms with Gasteiger partial charge in [0.15, 0.2) is 0 Å². The van der Waals surface area contributed by atoms with E-state index in [9.17, 15) is 13.2 Å². The van der Waals surface area contributed by atoms with Gasteiger partial charge in [-0.25, -0.2) is 8.42 Å². The molecule has 0 rings (SSSR count). The lowest BCUT2D eigenvalue weighted by Gasteiger charge is -2.32. The molecule has 0 saturated carbocycles. The van der Waals surface area contributed by atoms with Crippen LogP contribution in [0.15, 0.2) is 0 Å². The molecule has 1 amide bonds. The number of hydrogen-bond acceptors (Lipinski definition) is 3. The monoisotopic (exact) mass is 263 g/mol. The molecule has 0 aromatic carbocycles. The van der Waals surface area contributed by atoms with Crippen molar-refractivity contribution in [3.05, 3.63) is 0 Å². The molecule has 1 unspecified atom stereocenters. The van der Waals surface area contributed by atoms with Gasteiger partial charge in [0, 0.05) is 18.7 Å². The molecule has 17 heavy (non-hydrogen) atoms. The minimum Gasteiger partial charge on any atom is -0.355 e. The third kappa shape index (κ3) is 6.66. The maximum absolute atomic E-state index is 12.0. The van der Waals surface area contributed by atoms with Crippen LogP contribution in [0, 0.1) is 17.3 Å². The van der Waals surface area contributed by atoms with Crippen molar-refractivity contribution >= 4 is 15.7 Å². The fourth-order valence-electron chi connectivity index (χ4n) is 2.17. The Balaban J connectivity index is 4.47. The van der Waals surface area contributed by atoms with Crippen LogP contribution >= 0.6 is 0 Å². The second kappa shape index (κ2) is 5.85. The second-order valence-electron chi connectivity index (χ2n) is 6.01. The van der Waals surface area contributed by atoms with Crippen molar-refractivity contribution in [3.8, 4) is 0 Å². The van der Waals surface area contributed by atoms with Crippen LogP contribution in [0.5, 0.6) is 0 Å². The molecule has 0 radical (unpaired) electrons. The zero-order valence-electron chi connectivity index (χ0n) is 11.7. The van der Waals surface area contributed by atoms with Gasteiger partial charge in [0.05, 0.1) is 5.75 Å². The number of rotatable bonds is 5. The van der Waals surface area contributed by atoms with Gasteiger partial charge in [-0.05, 0) is 11.3 Å². The molecular weight excluding hydrogens is 238 g/mol. The maximum Gasteiger partial charge on any atom is 0.223 e. The van der Waals surface area contributed by atoms with E-state index >= 15 is 0 Å². The minimum atomic E-state index is -3.02. The van der Waals surface area contributed by atoms with E-state index in [2.05, 4.69) is 5.32 Å². The van der Waals surface area contributed by atoms with E-state index in [0.717, 1.165) is 0 Å². The first kappa shape index (κ1) is 16.4. The first-order valence-electron chi connectivity index (χ1n) is 5.90. The standard InChI is InChI=1S/C12H25NO3S/c1-9(2)10(12(3,4)5)11(14)13-7-8-17(6,15)16/h9-10H,7-8H2,1-6H3,(H,13,14). The van der Waals surface area contributed by atoms with Gasteiger partial charge in [0.1, 0.15) is 9.84 Å². The molecule has 1 atom stereocenters. The summed E-state index contributed by atoms with van der Waals surface area (Å²) in [5.74, 6) is 0.0553. The highest BCUT2D eigenvalue weighted by atomic mass is 32.2. The predicted octanol–water partition coefficient (Wildman–Crippen LogP) is 1.47. The first-order chi connectivity index (χ1) is 7.45. The van der Waals surface area contributed by atoms with Crippen molar-refractivity contribution in [3.63, 3.8) is 0 Å². The summed E-state index contributed by atoms with van der Waals surface area (Å²) in [6, 6.07) is 0. The van der Waals surface area contributed by atoms with E-state index in [1.54, 1.807) is 0 Å². The van der Waals surface area contributed by atoms with E-state index in [-0.39, 0.29) is 35.5 Å². The number of carbonyl (C=O) groups is 1. The van der Waals surface area contributed by atoms with Crippen LogP contribution in [0.4, 0.5) is 0 Å². The topological polar surface area (TPSA) is 63.2 Å². The van der Waals surface area contributed by atoms with Crippen LogP contribution in [-0.4, -0.2) is 32.9 Å². The number of amides is 1. The number of nitrogens with one attached hydrogen (secondary N) is 1. The maximum atomic E-state index is 12.0. The van der Waals surface area contributed by atoms with E-state index in [4.69, 9.17) is 0 Å². The number of hydrogen-bond donors (Lipinski definition) is 1. The largest absolute Gasteiger partial charge is 0.355 e. The molecule has 0 aliphatic carbocycles. The summed E-state index contributed by atoms with van der Waals surface area (Å²) in [5.41, 5.74) is -0.122. The lowest BCUT2D eigenvalue weighted by Crippen LogP contribution is -2.42. The Morgan fingerprint density at radius 3 is 2.00 bits per heavy atom. The Morgan fingerprint density at radius 2 is 1.71 bits per heavy atom. The fourth-order valence-corrected chi connectivity index (χ4v) is 2.64. The fraction of sp³-hybridized carbons (Fsp3) is 0.917. The second-order valence-corrected chi connectivity index (χ2v) is 8.27. The van der Waals surface area contributed by atoms with Crippen molar-refractivity contribution in [2.45, 2.75) is 34.6 Å². The zero-order chi connectivity index (χ0) is 13.9. The summed E-state index contributed by atoms with van der Waals surface area (Å²) in [6.45, 7) is 10.3. The Kier molecular flexibility index (Phi) is 5.65. The molecule has 0 spiro atoms. The van der Waals surface area contributed by atoms with E-state index < -0.39 is 9.84 Å². The van der Waals surface area contributed by atoms with Crippen molar-refractivity contribution < 1.29 is 13.2 Å². The molecular formula is C12H25NO3S. The summed E-state index contributed by atoms with van der Waals surface area (Å²) in [5, 5.41) is 2.71. The molecule has 0 aliphatic heterocycles. The lowest BCUT2D eigenvalue weighted by molar-refractivity contribution is -0.130. The van der Waals surface area contributed by atoms with E-state index in [0.29, 0.717) is 0 Å². The molecule has 102 valence electrons. The average molecular weight is 263 g/mol. The minimum absolute atomic E-state index is 0.00625. The zero-order valence-corrected chi connectivity index (χ0v) is 12.5. The molecule has 1 N–H and O–H groups in total. The van der Waals surface area contributed by atoms with Crippen molar-refractivity contribution in [1.29, 1.82) is 0 Å². The van der Waals surface area contributed by atoms with Gasteiger partial charge in [-0.2, -0.15) is 0 Å². The molecule has 0 heterocycles. The Labute approximate surface area is 105 Å². The van der Waals surface area contributed by atoms with Gasteiger partial charge in [0.2, 0.25) is 5.91 Å². The van der Waals surface area contributed by atoms with Gasteiger partial charge in [-0.1, -0.05) is 34.6 Å². The van der Waals surface area contributed by atoms with Gasteiger partial charge in [-0.3, -0.25) is 4.79 Å². The van der Waals surface area contributed by atoms with Gasteiger partial charge >= 0.3 is 0 Å². The van der Waals surface area contributed by atoms with Gasteiger partial charge < -0.3 is 5.32 Å². The Morgan fingerprint density at radius 1 is 1.24 bits per heavy atom. The number of sulfone groups is 1. The molecule has 4 nitrogen and oxygen atoms in total. The summed E-state index contributed by atoms with van der Waals surface area (Å²) in [6.07, 6.45) is 1.17. The number of carbonyl (C=O) groups excluding carboxylic acids is 1. The summed E-state index contributed by atoms with van der Waals surface area (Å²) < 4.78 is 21.9. The Hall–Kier alpha value is -0.580. The smallest absolute Gasteiger partial charge is 0.223 e. The quantitative estimate of drug-likeness (QED) is 0.817. The summed E-state index contributed by atoms with van der Waals surface area (Å²) >= 11 is 0. The lowest BCUT2D eigenvalue weighted by atomic mass is 9.74. The molecule has 0 fully saturated rings. The highest BCUT2D eigenvalue weighted by molar-refractivity contribution is 7.90. The first-order valence-corrected chi connectivity index (χ1v) is 7.96. The molecule has 0 aromatic rings. The molecule has 0 aromatic heterocycles. The van der Waals surface area contributed by atoms with E-state index in [1.165, 1.54) is 6.26 Å². The highest BCUT2D eigenvalue weighted by Gasteiger charge is 2.33. The Bertz CT molecular complexity index is 352. The van der Waals surface area contributed by atoms with Crippen LogP contribution in [0.3, 0.4) is 0 Å². The van der Waals surface area contributed by atoms with Crippen LogP contribution in [0.1, 0.15) is 34.6 Å². The SMILES string of the molecule is CC(C)C(C(=O)NCCS(C)(=O)=O)C(C)(C)C. The summed E-state index contributed by atoms with van der Waals surface area (Å²) in [7, 11) is -3.02. The van der Waals surface area contributed by atoms with Gasteiger partial charge in [-0.15, -0.1) is 0 Å². The van der Waals surface area contributed by atoms with Crippen LogP contribution in [0.25, 0.3) is 0 Å². The van der Waals surface area contributed by atoms with Crippen molar-refractivity contribution in [2.24, 2.45) is 17.3 Å². The van der Waals surface area contributed by atoms with E-state index in [1.807, 2.05) is 34.6 Å². The third-order valence-electron chi connectivity index (χ3n) is 2.65. The third-order valence-corrected chi connectivity index (χ3v) is 3.60. The van der Waals surface area contributed by atoms with Crippen LogP contribution < -0.4 is 5.32 Å². The van der Waals surface area contributed by atoms with Crippen LogP contribution in [-0.2, 0) is 14.6 Å². The predicted molar refractivity (Wildman–Crippen MR) is 70.5 cm³/mol. The van der Waals surface area contributed by atoms with Crippen LogP contribution in [0.2, 0.25) is 0 Å². The molecule has 0 aliphatic rings. The average Bonchev–Trinajstić information content (AvgIpc) is 1.96. The molecule has 5 heteroatoms. The molecule has 0 bridgehead atoms. The summed E-state index contributed by atoms with van der Waals surface area (Å²) in [4.78, 5) is 12.0. The molecule has 0 saturated heterocycles. The normalized spacial score (nSPS) is 14.8. The van der Waals surface area contributed by atoms with Crippen molar-refractivity contribution in [2.75, 3.05) is 18.6 Å². The highest BCUT2D eigenvalue weighted by Crippen LogP contribution is 2.31.